The lowest BCUT2D eigenvalue weighted by Gasteiger charge is -2.24. The quantitative estimate of drug-likeness (QED) is 0.572. The molecule has 1 amide bonds. The van der Waals surface area contributed by atoms with E-state index in [2.05, 4.69) is 10.6 Å². The number of nitrogens with zero attached hydrogens (tertiary/aromatic N) is 4. The molecule has 2 aromatic heterocycles. The standard InChI is InChI=1S/C21H18N4O/c26-20(19(23-12-6-7-13-23)16-8-2-1-3-9-16)25-15-14-24-18-11-5-4-10-17(18)22-21(24)25/h1-13,19H,14-15H2/t19-/m0/s1. The Morgan fingerprint density at radius 3 is 2.42 bits per heavy atom. The van der Waals surface area contributed by atoms with Crippen molar-refractivity contribution >= 4 is 22.9 Å². The van der Waals surface area contributed by atoms with Crippen LogP contribution >= 0.6 is 0 Å². The summed E-state index contributed by atoms with van der Waals surface area (Å²) >= 11 is 0. The molecule has 1 atom stereocenters. The Morgan fingerprint density at radius 2 is 1.62 bits per heavy atom. The highest BCUT2D eigenvalue weighted by atomic mass is 16.2. The highest BCUT2D eigenvalue weighted by molar-refractivity contribution is 5.99. The number of carbonyl (C=O) groups excluding carboxylic acids is 1. The molecule has 0 saturated heterocycles. The molecule has 0 spiro atoms. The molecule has 0 N–H and O–H groups in total. The van der Waals surface area contributed by atoms with E-state index in [1.54, 1.807) is 0 Å². The number of fused-ring (bicyclic) bond motifs is 3. The van der Waals surface area contributed by atoms with Crippen molar-refractivity contribution in [1.82, 2.24) is 14.1 Å². The molecule has 0 unspecified atom stereocenters. The fourth-order valence-corrected chi connectivity index (χ4v) is 3.74. The first kappa shape index (κ1) is 15.0. The lowest BCUT2D eigenvalue weighted by atomic mass is 10.1. The minimum absolute atomic E-state index is 0.0430. The molecule has 2 aromatic carbocycles. The smallest absolute Gasteiger partial charge is 0.257 e. The van der Waals surface area contributed by atoms with Gasteiger partial charge in [0, 0.05) is 25.5 Å². The molecule has 0 saturated carbocycles. The third-order valence-electron chi connectivity index (χ3n) is 4.96. The Bertz CT molecular complexity index is 1070. The van der Waals surface area contributed by atoms with Crippen molar-refractivity contribution in [3.63, 3.8) is 0 Å². The number of amides is 1. The average Bonchev–Trinajstić information content (AvgIpc) is 3.39. The minimum atomic E-state index is -0.391. The zero-order valence-corrected chi connectivity index (χ0v) is 14.2. The first-order valence-corrected chi connectivity index (χ1v) is 8.77. The normalized spacial score (nSPS) is 14.5. The summed E-state index contributed by atoms with van der Waals surface area (Å²) in [5, 5.41) is 0. The van der Waals surface area contributed by atoms with Crippen molar-refractivity contribution in [3.05, 3.63) is 84.7 Å². The van der Waals surface area contributed by atoms with Crippen molar-refractivity contribution < 1.29 is 4.79 Å². The third-order valence-corrected chi connectivity index (χ3v) is 4.96. The summed E-state index contributed by atoms with van der Waals surface area (Å²) in [4.78, 5) is 20.1. The summed E-state index contributed by atoms with van der Waals surface area (Å²) in [7, 11) is 0. The molecule has 0 bridgehead atoms. The maximum Gasteiger partial charge on any atom is 0.257 e. The van der Waals surface area contributed by atoms with Gasteiger partial charge < -0.3 is 9.13 Å². The van der Waals surface area contributed by atoms with Gasteiger partial charge in [-0.2, -0.15) is 0 Å². The molecule has 4 aromatic rings. The molecule has 5 heteroatoms. The maximum atomic E-state index is 13.5. The van der Waals surface area contributed by atoms with E-state index in [0.29, 0.717) is 6.54 Å². The van der Waals surface area contributed by atoms with E-state index in [4.69, 9.17) is 4.98 Å². The van der Waals surface area contributed by atoms with Gasteiger partial charge >= 0.3 is 0 Å². The van der Waals surface area contributed by atoms with Gasteiger partial charge in [0.15, 0.2) is 0 Å². The molecule has 5 nitrogen and oxygen atoms in total. The Kier molecular flexibility index (Phi) is 3.38. The van der Waals surface area contributed by atoms with Gasteiger partial charge in [-0.05, 0) is 29.8 Å². The van der Waals surface area contributed by atoms with Gasteiger partial charge in [-0.1, -0.05) is 42.5 Å². The van der Waals surface area contributed by atoms with Crippen molar-refractivity contribution in [3.8, 4) is 0 Å². The number of benzene rings is 2. The second kappa shape index (κ2) is 5.88. The van der Waals surface area contributed by atoms with Crippen molar-refractivity contribution in [2.45, 2.75) is 12.6 Å². The summed E-state index contributed by atoms with van der Waals surface area (Å²) in [5.41, 5.74) is 2.98. The molecule has 26 heavy (non-hydrogen) atoms. The lowest BCUT2D eigenvalue weighted by Crippen LogP contribution is -2.36. The van der Waals surface area contributed by atoms with Gasteiger partial charge in [-0.15, -0.1) is 0 Å². The molecular weight excluding hydrogens is 324 g/mol. The van der Waals surface area contributed by atoms with E-state index in [9.17, 15) is 4.79 Å². The summed E-state index contributed by atoms with van der Waals surface area (Å²) < 4.78 is 4.09. The second-order valence-corrected chi connectivity index (χ2v) is 6.49. The number of anilines is 1. The SMILES string of the molecule is O=C([C@H](c1ccccc1)n1cccc1)N1CCn2c1nc1ccccc12. The van der Waals surface area contributed by atoms with E-state index < -0.39 is 6.04 Å². The van der Waals surface area contributed by atoms with Crippen LogP contribution in [0, 0.1) is 0 Å². The third kappa shape index (κ3) is 2.24. The predicted octanol–water partition coefficient (Wildman–Crippen LogP) is 3.47. The van der Waals surface area contributed by atoms with Crippen LogP contribution in [0.4, 0.5) is 5.95 Å². The van der Waals surface area contributed by atoms with Crippen LogP contribution in [0.1, 0.15) is 11.6 Å². The number of rotatable bonds is 3. The minimum Gasteiger partial charge on any atom is -0.338 e. The fourth-order valence-electron chi connectivity index (χ4n) is 3.74. The van der Waals surface area contributed by atoms with Gasteiger partial charge in [0.05, 0.1) is 11.0 Å². The van der Waals surface area contributed by atoms with Crippen LogP contribution in [0.25, 0.3) is 11.0 Å². The molecule has 1 aliphatic heterocycles. The summed E-state index contributed by atoms with van der Waals surface area (Å²) in [6.45, 7) is 1.42. The van der Waals surface area contributed by atoms with Crippen molar-refractivity contribution in [2.24, 2.45) is 0 Å². The molecule has 1 aliphatic rings. The van der Waals surface area contributed by atoms with E-state index in [-0.39, 0.29) is 5.91 Å². The Labute approximate surface area is 151 Å². The predicted molar refractivity (Wildman–Crippen MR) is 101 cm³/mol. The van der Waals surface area contributed by atoms with Crippen LogP contribution in [-0.4, -0.2) is 26.6 Å². The number of hydrogen-bond donors (Lipinski definition) is 0. The molecule has 128 valence electrons. The van der Waals surface area contributed by atoms with E-state index in [1.165, 1.54) is 0 Å². The number of carbonyl (C=O) groups is 1. The summed E-state index contributed by atoms with van der Waals surface area (Å²) in [6, 6.07) is 21.4. The van der Waals surface area contributed by atoms with Gasteiger partial charge in [-0.25, -0.2) is 4.98 Å². The van der Waals surface area contributed by atoms with E-state index in [0.717, 1.165) is 29.1 Å². The van der Waals surface area contributed by atoms with Crippen LogP contribution in [-0.2, 0) is 11.3 Å². The summed E-state index contributed by atoms with van der Waals surface area (Å²) in [6.07, 6.45) is 3.88. The molecule has 0 radical (unpaired) electrons. The van der Waals surface area contributed by atoms with Crippen LogP contribution in [0.3, 0.4) is 0 Å². The van der Waals surface area contributed by atoms with Crippen LogP contribution in [0.2, 0.25) is 0 Å². The zero-order chi connectivity index (χ0) is 17.5. The van der Waals surface area contributed by atoms with Crippen molar-refractivity contribution in [1.29, 1.82) is 0 Å². The monoisotopic (exact) mass is 342 g/mol. The number of imidazole rings is 1. The van der Waals surface area contributed by atoms with Gasteiger partial charge in [0.25, 0.3) is 5.91 Å². The van der Waals surface area contributed by atoms with Crippen molar-refractivity contribution in [2.75, 3.05) is 11.4 Å². The number of aromatic nitrogens is 3. The van der Waals surface area contributed by atoms with Gasteiger partial charge in [-0.3, -0.25) is 9.69 Å². The highest BCUT2D eigenvalue weighted by Gasteiger charge is 2.34. The van der Waals surface area contributed by atoms with Gasteiger partial charge in [0.1, 0.15) is 6.04 Å². The maximum absolute atomic E-state index is 13.5. The van der Waals surface area contributed by atoms with Crippen LogP contribution in [0.15, 0.2) is 79.1 Å². The van der Waals surface area contributed by atoms with Crippen LogP contribution < -0.4 is 4.90 Å². The fraction of sp³-hybridized carbons (Fsp3) is 0.143. The van der Waals surface area contributed by atoms with E-state index >= 15 is 0 Å². The molecule has 0 fully saturated rings. The average molecular weight is 342 g/mol. The van der Waals surface area contributed by atoms with E-state index in [1.807, 2.05) is 82.5 Å². The number of hydrogen-bond acceptors (Lipinski definition) is 2. The summed E-state index contributed by atoms with van der Waals surface area (Å²) in [5.74, 6) is 0.783. The zero-order valence-electron chi connectivity index (χ0n) is 14.2. The highest BCUT2D eigenvalue weighted by Crippen LogP contribution is 2.30. The number of para-hydroxylation sites is 2. The first-order valence-electron chi connectivity index (χ1n) is 8.77. The molecular formula is C21H18N4O. The second-order valence-electron chi connectivity index (χ2n) is 6.49. The lowest BCUT2D eigenvalue weighted by molar-refractivity contribution is -0.120. The Hall–Kier alpha value is -3.34. The Balaban J connectivity index is 1.59. The molecule has 0 aliphatic carbocycles. The molecule has 3 heterocycles. The van der Waals surface area contributed by atoms with Gasteiger partial charge in [0.2, 0.25) is 5.95 Å². The largest absolute Gasteiger partial charge is 0.338 e. The van der Waals surface area contributed by atoms with Crippen LogP contribution in [0.5, 0.6) is 0 Å². The first-order chi connectivity index (χ1) is 12.8. The molecule has 5 rings (SSSR count). The topological polar surface area (TPSA) is 43.1 Å². The Morgan fingerprint density at radius 1 is 0.885 bits per heavy atom.